The van der Waals surface area contributed by atoms with Crippen molar-refractivity contribution in [2.45, 2.75) is 23.5 Å². The summed E-state index contributed by atoms with van der Waals surface area (Å²) in [5.74, 6) is 1.30. The van der Waals surface area contributed by atoms with E-state index in [1.165, 1.54) is 16.6 Å². The molecule has 0 radical (unpaired) electrons. The molecule has 0 aromatic carbocycles. The maximum Gasteiger partial charge on any atom is 0.244 e. The first-order valence-electron chi connectivity index (χ1n) is 6.44. The minimum absolute atomic E-state index is 0.156. The standard InChI is InChI=1S/C12H18ClN3O2S2/c1-3-9-8-16(4-5-19-9)20(17,18)10-6-11(13)12(14-2)15-7-10/h6-7,9H,3-5,8H2,1-2H3,(H,14,15). The lowest BCUT2D eigenvalue weighted by atomic mass is 10.3. The summed E-state index contributed by atoms with van der Waals surface area (Å²) in [6.45, 7) is 3.16. The normalized spacial score (nSPS) is 20.9. The second-order valence-electron chi connectivity index (χ2n) is 4.52. The number of nitrogens with zero attached hydrogens (tertiary/aromatic N) is 2. The van der Waals surface area contributed by atoms with E-state index in [-0.39, 0.29) is 4.90 Å². The smallest absolute Gasteiger partial charge is 0.244 e. The van der Waals surface area contributed by atoms with Gasteiger partial charge in [-0.3, -0.25) is 0 Å². The lowest BCUT2D eigenvalue weighted by molar-refractivity contribution is 0.416. The fraction of sp³-hybridized carbons (Fsp3) is 0.583. The quantitative estimate of drug-likeness (QED) is 0.914. The van der Waals surface area contributed by atoms with E-state index in [9.17, 15) is 8.42 Å². The van der Waals surface area contributed by atoms with Crippen LogP contribution in [0.15, 0.2) is 17.2 Å². The minimum Gasteiger partial charge on any atom is -0.372 e. The second-order valence-corrected chi connectivity index (χ2v) is 8.27. The predicted molar refractivity (Wildman–Crippen MR) is 84.1 cm³/mol. The van der Waals surface area contributed by atoms with Crippen LogP contribution in [0, 0.1) is 0 Å². The maximum absolute atomic E-state index is 12.6. The topological polar surface area (TPSA) is 62.3 Å². The van der Waals surface area contributed by atoms with E-state index in [0.29, 0.717) is 29.2 Å². The van der Waals surface area contributed by atoms with Crippen molar-refractivity contribution in [1.82, 2.24) is 9.29 Å². The van der Waals surface area contributed by atoms with E-state index in [4.69, 9.17) is 11.6 Å². The molecule has 1 N–H and O–H groups in total. The van der Waals surface area contributed by atoms with Gasteiger partial charge in [0, 0.05) is 37.3 Å². The number of hydrogen-bond acceptors (Lipinski definition) is 5. The maximum atomic E-state index is 12.6. The summed E-state index contributed by atoms with van der Waals surface area (Å²) in [5, 5.41) is 3.49. The number of rotatable bonds is 4. The van der Waals surface area contributed by atoms with E-state index in [2.05, 4.69) is 17.2 Å². The van der Waals surface area contributed by atoms with Gasteiger partial charge in [0.1, 0.15) is 10.7 Å². The first kappa shape index (κ1) is 15.9. The Hall–Kier alpha value is -0.500. The lowest BCUT2D eigenvalue weighted by Gasteiger charge is -2.31. The molecule has 1 fully saturated rings. The summed E-state index contributed by atoms with van der Waals surface area (Å²) in [4.78, 5) is 4.20. The van der Waals surface area contributed by atoms with Gasteiger partial charge in [0.2, 0.25) is 10.0 Å². The van der Waals surface area contributed by atoms with E-state index < -0.39 is 10.0 Å². The molecule has 1 atom stereocenters. The van der Waals surface area contributed by atoms with Crippen LogP contribution in [0.1, 0.15) is 13.3 Å². The molecule has 0 spiro atoms. The third-order valence-corrected chi connectivity index (χ3v) is 6.74. The molecule has 1 aromatic rings. The highest BCUT2D eigenvalue weighted by Gasteiger charge is 2.30. The number of thioether (sulfide) groups is 1. The molecule has 8 heteroatoms. The molecular weight excluding hydrogens is 318 g/mol. The Balaban J connectivity index is 2.28. The van der Waals surface area contributed by atoms with Crippen LogP contribution in [0.4, 0.5) is 5.82 Å². The molecule has 0 amide bonds. The van der Waals surface area contributed by atoms with Crippen molar-refractivity contribution in [3.63, 3.8) is 0 Å². The molecule has 0 saturated carbocycles. The van der Waals surface area contributed by atoms with Crippen LogP contribution in [0.5, 0.6) is 0 Å². The van der Waals surface area contributed by atoms with Gasteiger partial charge in [-0.05, 0) is 12.5 Å². The Morgan fingerprint density at radius 1 is 1.60 bits per heavy atom. The Labute approximate surface area is 129 Å². The highest BCUT2D eigenvalue weighted by atomic mass is 35.5. The second kappa shape index (κ2) is 6.51. The lowest BCUT2D eigenvalue weighted by Crippen LogP contribution is -2.41. The molecule has 1 aromatic heterocycles. The Morgan fingerprint density at radius 3 is 2.95 bits per heavy atom. The van der Waals surface area contributed by atoms with Crippen LogP contribution >= 0.6 is 23.4 Å². The third-order valence-electron chi connectivity index (χ3n) is 3.25. The zero-order valence-electron chi connectivity index (χ0n) is 11.5. The molecule has 1 saturated heterocycles. The van der Waals surface area contributed by atoms with Gasteiger partial charge in [0.05, 0.1) is 5.02 Å². The molecule has 20 heavy (non-hydrogen) atoms. The SMILES string of the molecule is CCC1CN(S(=O)(=O)c2cnc(NC)c(Cl)c2)CCS1. The van der Waals surface area contributed by atoms with Gasteiger partial charge in [-0.1, -0.05) is 18.5 Å². The molecule has 1 unspecified atom stereocenters. The fourth-order valence-corrected chi connectivity index (χ4v) is 5.23. The van der Waals surface area contributed by atoms with Crippen molar-refractivity contribution in [2.24, 2.45) is 0 Å². The number of anilines is 1. The van der Waals surface area contributed by atoms with Crippen molar-refractivity contribution >= 4 is 39.2 Å². The van der Waals surface area contributed by atoms with Gasteiger partial charge in [-0.15, -0.1) is 0 Å². The predicted octanol–water partition coefficient (Wildman–Crippen LogP) is 2.29. The van der Waals surface area contributed by atoms with Crippen LogP contribution in [-0.2, 0) is 10.0 Å². The van der Waals surface area contributed by atoms with Gasteiger partial charge >= 0.3 is 0 Å². The van der Waals surface area contributed by atoms with Gasteiger partial charge in [-0.2, -0.15) is 16.1 Å². The van der Waals surface area contributed by atoms with Gasteiger partial charge in [0.25, 0.3) is 0 Å². The molecule has 5 nitrogen and oxygen atoms in total. The molecular formula is C12H18ClN3O2S2. The highest BCUT2D eigenvalue weighted by molar-refractivity contribution is 8.00. The van der Waals surface area contributed by atoms with Crippen molar-refractivity contribution in [1.29, 1.82) is 0 Å². The number of halogens is 1. The zero-order valence-corrected chi connectivity index (χ0v) is 13.9. The van der Waals surface area contributed by atoms with E-state index >= 15 is 0 Å². The van der Waals surface area contributed by atoms with Crippen molar-refractivity contribution in [3.8, 4) is 0 Å². The summed E-state index contributed by atoms with van der Waals surface area (Å²) >= 11 is 7.85. The van der Waals surface area contributed by atoms with Crippen LogP contribution in [0.2, 0.25) is 5.02 Å². The Kier molecular flexibility index (Phi) is 5.17. The van der Waals surface area contributed by atoms with E-state index in [1.807, 2.05) is 11.8 Å². The number of pyridine rings is 1. The largest absolute Gasteiger partial charge is 0.372 e. The van der Waals surface area contributed by atoms with Crippen LogP contribution in [0.3, 0.4) is 0 Å². The van der Waals surface area contributed by atoms with Gasteiger partial charge in [0.15, 0.2) is 0 Å². The van der Waals surface area contributed by atoms with Crippen LogP contribution in [-0.4, -0.2) is 48.8 Å². The van der Waals surface area contributed by atoms with E-state index in [1.54, 1.807) is 7.05 Å². The molecule has 0 aliphatic carbocycles. The van der Waals surface area contributed by atoms with Crippen molar-refractivity contribution < 1.29 is 8.42 Å². The fourth-order valence-electron chi connectivity index (χ4n) is 2.05. The minimum atomic E-state index is -3.51. The van der Waals surface area contributed by atoms with Crippen LogP contribution in [0.25, 0.3) is 0 Å². The monoisotopic (exact) mass is 335 g/mol. The summed E-state index contributed by atoms with van der Waals surface area (Å²) in [5.41, 5.74) is 0. The molecule has 112 valence electrons. The summed E-state index contributed by atoms with van der Waals surface area (Å²) < 4.78 is 26.7. The zero-order chi connectivity index (χ0) is 14.8. The third kappa shape index (κ3) is 3.21. The first-order valence-corrected chi connectivity index (χ1v) is 9.30. The number of sulfonamides is 1. The van der Waals surface area contributed by atoms with Gasteiger partial charge in [-0.25, -0.2) is 13.4 Å². The van der Waals surface area contributed by atoms with Crippen LogP contribution < -0.4 is 5.32 Å². The number of hydrogen-bond donors (Lipinski definition) is 1. The summed E-state index contributed by atoms with van der Waals surface area (Å²) in [6.07, 6.45) is 2.32. The molecule has 0 bridgehead atoms. The average Bonchev–Trinajstić information content (AvgIpc) is 2.47. The number of aromatic nitrogens is 1. The first-order chi connectivity index (χ1) is 9.48. The molecule has 1 aliphatic heterocycles. The average molecular weight is 336 g/mol. The molecule has 2 rings (SSSR count). The molecule has 2 heterocycles. The number of nitrogens with one attached hydrogen (secondary N) is 1. The van der Waals surface area contributed by atoms with Crippen molar-refractivity contribution in [2.75, 3.05) is 31.2 Å². The summed E-state index contributed by atoms with van der Waals surface area (Å²) in [6, 6.07) is 1.46. The Bertz CT molecular complexity index is 580. The summed E-state index contributed by atoms with van der Waals surface area (Å²) in [7, 11) is -1.82. The molecule has 1 aliphatic rings. The highest BCUT2D eigenvalue weighted by Crippen LogP contribution is 2.28. The Morgan fingerprint density at radius 2 is 2.35 bits per heavy atom. The van der Waals surface area contributed by atoms with E-state index in [0.717, 1.165) is 12.2 Å². The van der Waals surface area contributed by atoms with Gasteiger partial charge < -0.3 is 5.32 Å². The van der Waals surface area contributed by atoms with Crippen molar-refractivity contribution in [3.05, 3.63) is 17.3 Å².